The molecular weight excluding hydrogens is 398 g/mol. The highest BCUT2D eigenvalue weighted by Gasteiger charge is 2.11. The number of rotatable bonds is 8. The minimum Gasteiger partial charge on any atom is -0.497 e. The number of benzene rings is 2. The number of nitrogens with one attached hydrogen (secondary N) is 3. The molecular formula is C20H22ClN3O5. The molecule has 154 valence electrons. The first-order valence-electron chi connectivity index (χ1n) is 8.79. The van der Waals surface area contributed by atoms with E-state index in [0.717, 1.165) is 0 Å². The summed E-state index contributed by atoms with van der Waals surface area (Å²) in [5.41, 5.74) is 5.43. The van der Waals surface area contributed by atoms with Crippen LogP contribution >= 0.6 is 11.6 Å². The van der Waals surface area contributed by atoms with Gasteiger partial charge < -0.3 is 14.8 Å². The van der Waals surface area contributed by atoms with Crippen LogP contribution in [0.3, 0.4) is 0 Å². The normalized spacial score (nSPS) is 10.0. The molecule has 0 heterocycles. The molecule has 2 aromatic carbocycles. The van der Waals surface area contributed by atoms with Gasteiger partial charge in [-0.25, -0.2) is 0 Å². The van der Waals surface area contributed by atoms with Crippen LogP contribution in [0.4, 0.5) is 0 Å². The van der Waals surface area contributed by atoms with Crippen LogP contribution in [-0.2, 0) is 4.79 Å². The Labute approximate surface area is 173 Å². The summed E-state index contributed by atoms with van der Waals surface area (Å²) in [6.07, 6.45) is 0.538. The first-order chi connectivity index (χ1) is 13.9. The molecule has 0 atom stereocenters. The van der Waals surface area contributed by atoms with E-state index in [0.29, 0.717) is 35.1 Å². The van der Waals surface area contributed by atoms with E-state index in [4.69, 9.17) is 21.1 Å². The molecule has 0 spiro atoms. The molecule has 0 aliphatic rings. The van der Waals surface area contributed by atoms with E-state index in [2.05, 4.69) is 16.2 Å². The van der Waals surface area contributed by atoms with Gasteiger partial charge in [-0.15, -0.1) is 0 Å². The third kappa shape index (κ3) is 7.00. The van der Waals surface area contributed by atoms with Gasteiger partial charge in [0.2, 0.25) is 5.91 Å². The second-order valence-corrected chi connectivity index (χ2v) is 6.41. The molecule has 0 fully saturated rings. The summed E-state index contributed by atoms with van der Waals surface area (Å²) >= 11 is 5.78. The monoisotopic (exact) mass is 419 g/mol. The van der Waals surface area contributed by atoms with Crippen LogP contribution in [0.15, 0.2) is 42.5 Å². The Kier molecular flexibility index (Phi) is 8.29. The van der Waals surface area contributed by atoms with Gasteiger partial charge in [0, 0.05) is 35.2 Å². The van der Waals surface area contributed by atoms with Crippen LogP contribution in [-0.4, -0.2) is 38.5 Å². The second-order valence-electron chi connectivity index (χ2n) is 5.97. The summed E-state index contributed by atoms with van der Waals surface area (Å²) in [6, 6.07) is 11.2. The van der Waals surface area contributed by atoms with Crippen molar-refractivity contribution in [2.24, 2.45) is 0 Å². The van der Waals surface area contributed by atoms with Crippen molar-refractivity contribution in [1.82, 2.24) is 16.2 Å². The van der Waals surface area contributed by atoms with E-state index in [9.17, 15) is 14.4 Å². The van der Waals surface area contributed by atoms with Gasteiger partial charge in [0.05, 0.1) is 14.2 Å². The van der Waals surface area contributed by atoms with Crippen LogP contribution in [0.25, 0.3) is 0 Å². The molecule has 0 saturated carbocycles. The third-order valence-corrected chi connectivity index (χ3v) is 4.15. The van der Waals surface area contributed by atoms with E-state index in [-0.39, 0.29) is 23.8 Å². The summed E-state index contributed by atoms with van der Waals surface area (Å²) in [5.74, 6) is -0.225. The van der Waals surface area contributed by atoms with Crippen molar-refractivity contribution in [2.45, 2.75) is 12.8 Å². The van der Waals surface area contributed by atoms with Gasteiger partial charge in [0.1, 0.15) is 11.5 Å². The van der Waals surface area contributed by atoms with Gasteiger partial charge in [0.25, 0.3) is 11.8 Å². The number of methoxy groups -OCH3 is 2. The fourth-order valence-corrected chi connectivity index (χ4v) is 2.48. The molecule has 3 N–H and O–H groups in total. The molecule has 0 unspecified atom stereocenters. The number of halogens is 1. The van der Waals surface area contributed by atoms with Crippen molar-refractivity contribution in [3.8, 4) is 11.5 Å². The van der Waals surface area contributed by atoms with Crippen molar-refractivity contribution in [3.63, 3.8) is 0 Å². The van der Waals surface area contributed by atoms with Crippen LogP contribution < -0.4 is 25.6 Å². The summed E-state index contributed by atoms with van der Waals surface area (Å²) in [7, 11) is 2.95. The molecule has 8 nitrogen and oxygen atoms in total. The summed E-state index contributed by atoms with van der Waals surface area (Å²) in [6.45, 7) is 0.315. The zero-order valence-corrected chi connectivity index (χ0v) is 16.8. The van der Waals surface area contributed by atoms with Gasteiger partial charge in [-0.2, -0.15) is 0 Å². The number of amides is 3. The van der Waals surface area contributed by atoms with Crippen molar-refractivity contribution >= 4 is 29.3 Å². The molecule has 2 aromatic rings. The topological polar surface area (TPSA) is 106 Å². The predicted octanol–water partition coefficient (Wildman–Crippen LogP) is 2.33. The Balaban J connectivity index is 1.72. The number of carbonyl (C=O) groups is 3. The van der Waals surface area contributed by atoms with E-state index in [1.165, 1.54) is 26.4 Å². The fraction of sp³-hybridized carbons (Fsp3) is 0.250. The smallest absolute Gasteiger partial charge is 0.269 e. The maximum absolute atomic E-state index is 12.2. The molecule has 3 amide bonds. The summed E-state index contributed by atoms with van der Waals surface area (Å²) < 4.78 is 10.2. The number of hydrogen-bond acceptors (Lipinski definition) is 5. The molecule has 9 heteroatoms. The summed E-state index contributed by atoms with van der Waals surface area (Å²) in [4.78, 5) is 36.0. The van der Waals surface area contributed by atoms with Gasteiger partial charge in [0.15, 0.2) is 0 Å². The zero-order chi connectivity index (χ0) is 21.2. The number of hydrazine groups is 1. The van der Waals surface area contributed by atoms with Crippen molar-refractivity contribution in [2.75, 3.05) is 20.8 Å². The number of hydrogen-bond donors (Lipinski definition) is 3. The number of carbonyl (C=O) groups excluding carboxylic acids is 3. The average Bonchev–Trinajstić information content (AvgIpc) is 2.74. The van der Waals surface area contributed by atoms with E-state index >= 15 is 0 Å². The average molecular weight is 420 g/mol. The first-order valence-corrected chi connectivity index (χ1v) is 9.16. The maximum Gasteiger partial charge on any atom is 0.269 e. The van der Waals surface area contributed by atoms with E-state index in [1.54, 1.807) is 30.3 Å². The minimum absolute atomic E-state index is 0.128. The van der Waals surface area contributed by atoms with Crippen LogP contribution in [0.5, 0.6) is 11.5 Å². The molecule has 0 aromatic heterocycles. The Morgan fingerprint density at radius 2 is 1.48 bits per heavy atom. The highest BCUT2D eigenvalue weighted by atomic mass is 35.5. The Bertz CT molecular complexity index is 849. The molecule has 0 bridgehead atoms. The van der Waals surface area contributed by atoms with E-state index < -0.39 is 5.91 Å². The number of ether oxygens (including phenoxy) is 2. The Morgan fingerprint density at radius 1 is 0.862 bits per heavy atom. The van der Waals surface area contributed by atoms with Gasteiger partial charge >= 0.3 is 0 Å². The van der Waals surface area contributed by atoms with Gasteiger partial charge in [-0.05, 0) is 42.8 Å². The highest BCUT2D eigenvalue weighted by Crippen LogP contribution is 2.22. The molecule has 0 radical (unpaired) electrons. The van der Waals surface area contributed by atoms with Crippen molar-refractivity contribution < 1.29 is 23.9 Å². The van der Waals surface area contributed by atoms with Crippen LogP contribution in [0.1, 0.15) is 33.6 Å². The molecule has 0 aliphatic carbocycles. The largest absolute Gasteiger partial charge is 0.497 e. The third-order valence-electron chi connectivity index (χ3n) is 3.90. The minimum atomic E-state index is -0.508. The maximum atomic E-state index is 12.2. The quantitative estimate of drug-likeness (QED) is 0.450. The highest BCUT2D eigenvalue weighted by molar-refractivity contribution is 6.30. The molecule has 29 heavy (non-hydrogen) atoms. The molecule has 0 aliphatic heterocycles. The molecule has 0 saturated heterocycles. The van der Waals surface area contributed by atoms with Gasteiger partial charge in [-0.1, -0.05) is 11.6 Å². The Morgan fingerprint density at radius 3 is 2.07 bits per heavy atom. The van der Waals surface area contributed by atoms with Crippen LogP contribution in [0, 0.1) is 0 Å². The fourth-order valence-electron chi connectivity index (χ4n) is 2.35. The van der Waals surface area contributed by atoms with E-state index in [1.807, 2.05) is 0 Å². The van der Waals surface area contributed by atoms with Crippen molar-refractivity contribution in [1.29, 1.82) is 0 Å². The SMILES string of the molecule is COc1cc(OC)cc(C(=O)NNC(=O)CCCNC(=O)c2ccc(Cl)cc2)c1. The molecule has 2 rings (SSSR count). The lowest BCUT2D eigenvalue weighted by Crippen LogP contribution is -2.41. The Hall–Kier alpha value is -3.26. The first kappa shape index (κ1) is 22.0. The van der Waals surface area contributed by atoms with Crippen LogP contribution in [0.2, 0.25) is 5.02 Å². The lowest BCUT2D eigenvalue weighted by Gasteiger charge is -2.10. The summed E-state index contributed by atoms with van der Waals surface area (Å²) in [5, 5.41) is 3.26. The van der Waals surface area contributed by atoms with Crippen molar-refractivity contribution in [3.05, 3.63) is 58.6 Å². The zero-order valence-electron chi connectivity index (χ0n) is 16.1. The lowest BCUT2D eigenvalue weighted by atomic mass is 10.2. The van der Waals surface area contributed by atoms with Gasteiger partial charge in [-0.3, -0.25) is 25.2 Å². The lowest BCUT2D eigenvalue weighted by molar-refractivity contribution is -0.121. The standard InChI is InChI=1S/C20H22ClN3O5/c1-28-16-10-14(11-17(12-16)29-2)20(27)24-23-18(25)4-3-9-22-19(26)13-5-7-15(21)8-6-13/h5-8,10-12H,3-4,9H2,1-2H3,(H,22,26)(H,23,25)(H,24,27). The predicted molar refractivity (Wildman–Crippen MR) is 108 cm³/mol. The second kappa shape index (κ2) is 10.9.